The third-order valence-electron chi connectivity index (χ3n) is 11.4. The van der Waals surface area contributed by atoms with Crippen molar-refractivity contribution in [3.05, 3.63) is 23.3 Å². The normalized spacial score (nSPS) is 44.8. The Morgan fingerprint density at radius 2 is 1.65 bits per heavy atom. The SMILES string of the molecule is CC(C)CCC[C@H](C)[C@@H]1CC[C@]2(C)C3=CC[C@H]4C(C)(C)[C@H](O)CC[C@]4(C)C3=CC[C@]12C. The molecule has 4 aliphatic carbocycles. The first-order chi connectivity index (χ1) is 14.4. The summed E-state index contributed by atoms with van der Waals surface area (Å²) in [5.74, 6) is 3.06. The number of hydrogen-bond donors (Lipinski definition) is 1. The average Bonchev–Trinajstić information content (AvgIpc) is 2.96. The summed E-state index contributed by atoms with van der Waals surface area (Å²) >= 11 is 0. The molecule has 4 aliphatic rings. The average molecular weight is 427 g/mol. The first-order valence-electron chi connectivity index (χ1n) is 13.5. The summed E-state index contributed by atoms with van der Waals surface area (Å²) in [6.07, 6.45) is 16.6. The molecular weight excluding hydrogens is 376 g/mol. The highest BCUT2D eigenvalue weighted by Crippen LogP contribution is 2.71. The molecule has 1 nitrogen and oxygen atoms in total. The van der Waals surface area contributed by atoms with Crippen molar-refractivity contribution in [2.45, 2.75) is 119 Å². The summed E-state index contributed by atoms with van der Waals surface area (Å²) in [6.45, 7) is 19.7. The van der Waals surface area contributed by atoms with Gasteiger partial charge in [-0.25, -0.2) is 0 Å². The fourth-order valence-electron chi connectivity index (χ4n) is 8.99. The summed E-state index contributed by atoms with van der Waals surface area (Å²) in [5.41, 5.74) is 4.34. The third kappa shape index (κ3) is 3.34. The van der Waals surface area contributed by atoms with Crippen molar-refractivity contribution in [3.63, 3.8) is 0 Å². The van der Waals surface area contributed by atoms with Crippen LogP contribution in [0.1, 0.15) is 113 Å². The van der Waals surface area contributed by atoms with Gasteiger partial charge in [-0.2, -0.15) is 0 Å². The van der Waals surface area contributed by atoms with Crippen LogP contribution in [0.2, 0.25) is 0 Å². The van der Waals surface area contributed by atoms with Gasteiger partial charge in [0, 0.05) is 0 Å². The van der Waals surface area contributed by atoms with Crippen LogP contribution in [-0.2, 0) is 0 Å². The van der Waals surface area contributed by atoms with E-state index in [1.54, 1.807) is 11.1 Å². The predicted octanol–water partition coefficient (Wildman–Crippen LogP) is 8.34. The van der Waals surface area contributed by atoms with E-state index in [0.29, 0.717) is 16.7 Å². The molecule has 0 bridgehead atoms. The lowest BCUT2D eigenvalue weighted by atomic mass is 9.44. The minimum Gasteiger partial charge on any atom is -0.393 e. The zero-order valence-corrected chi connectivity index (χ0v) is 21.9. The third-order valence-corrected chi connectivity index (χ3v) is 11.4. The Labute approximate surface area is 193 Å². The van der Waals surface area contributed by atoms with Crippen LogP contribution >= 0.6 is 0 Å². The van der Waals surface area contributed by atoms with Gasteiger partial charge in [-0.1, -0.05) is 86.8 Å². The summed E-state index contributed by atoms with van der Waals surface area (Å²) in [4.78, 5) is 0. The van der Waals surface area contributed by atoms with Gasteiger partial charge in [-0.3, -0.25) is 0 Å². The minimum absolute atomic E-state index is 0.000660. The van der Waals surface area contributed by atoms with Crippen molar-refractivity contribution >= 4 is 0 Å². The number of fused-ring (bicyclic) bond motifs is 5. The van der Waals surface area contributed by atoms with E-state index in [1.165, 1.54) is 38.5 Å². The van der Waals surface area contributed by atoms with Crippen LogP contribution in [0.25, 0.3) is 0 Å². The molecule has 2 fully saturated rings. The van der Waals surface area contributed by atoms with Gasteiger partial charge in [0.1, 0.15) is 0 Å². The van der Waals surface area contributed by atoms with Gasteiger partial charge in [-0.05, 0) is 95.0 Å². The molecule has 2 saturated carbocycles. The molecule has 1 heteroatoms. The second-order valence-electron chi connectivity index (χ2n) is 13.7. The highest BCUT2D eigenvalue weighted by atomic mass is 16.3. The van der Waals surface area contributed by atoms with E-state index < -0.39 is 0 Å². The summed E-state index contributed by atoms with van der Waals surface area (Å²) in [6, 6.07) is 0. The maximum atomic E-state index is 10.8. The van der Waals surface area contributed by atoms with Crippen molar-refractivity contribution < 1.29 is 5.11 Å². The Balaban J connectivity index is 1.64. The largest absolute Gasteiger partial charge is 0.393 e. The highest BCUT2D eigenvalue weighted by Gasteiger charge is 2.62. The number of rotatable bonds is 5. The van der Waals surface area contributed by atoms with E-state index in [9.17, 15) is 5.11 Å². The van der Waals surface area contributed by atoms with Crippen LogP contribution in [0.4, 0.5) is 0 Å². The van der Waals surface area contributed by atoms with Crippen molar-refractivity contribution in [2.75, 3.05) is 0 Å². The summed E-state index contributed by atoms with van der Waals surface area (Å²) in [5, 5.41) is 10.8. The summed E-state index contributed by atoms with van der Waals surface area (Å²) in [7, 11) is 0. The molecule has 0 saturated heterocycles. The number of allylic oxidation sites excluding steroid dienone is 4. The molecule has 31 heavy (non-hydrogen) atoms. The standard InChI is InChI=1S/C30H50O/c1-20(2)10-9-11-21(3)22-14-18-30(8)24-12-13-25-27(4,5)26(31)16-17-28(25,6)23(24)15-19-29(22,30)7/h12,15,20-22,25-26,31H,9-11,13-14,16-19H2,1-8H3/t21-,22-,25-,26+,28+,29+,30+/m0/s1. The predicted molar refractivity (Wildman–Crippen MR) is 133 cm³/mol. The minimum atomic E-state index is -0.159. The topological polar surface area (TPSA) is 20.2 Å². The molecule has 176 valence electrons. The second kappa shape index (κ2) is 7.75. The molecule has 7 atom stereocenters. The first-order valence-corrected chi connectivity index (χ1v) is 13.5. The van der Waals surface area contributed by atoms with Crippen molar-refractivity contribution in [1.29, 1.82) is 0 Å². The smallest absolute Gasteiger partial charge is 0.0594 e. The molecule has 0 aromatic heterocycles. The Morgan fingerprint density at radius 3 is 2.32 bits per heavy atom. The van der Waals surface area contributed by atoms with Crippen LogP contribution in [0.15, 0.2) is 23.3 Å². The molecule has 0 unspecified atom stereocenters. The Morgan fingerprint density at radius 1 is 0.935 bits per heavy atom. The zero-order valence-electron chi connectivity index (χ0n) is 21.9. The van der Waals surface area contributed by atoms with Crippen molar-refractivity contribution in [3.8, 4) is 0 Å². The molecule has 0 spiro atoms. The molecular formula is C30H50O. The molecule has 0 amide bonds. The monoisotopic (exact) mass is 426 g/mol. The maximum Gasteiger partial charge on any atom is 0.0594 e. The maximum absolute atomic E-state index is 10.8. The fraction of sp³-hybridized carbons (Fsp3) is 0.867. The second-order valence-corrected chi connectivity index (χ2v) is 13.7. The molecule has 0 aromatic rings. The Kier molecular flexibility index (Phi) is 5.90. The van der Waals surface area contributed by atoms with Crippen molar-refractivity contribution in [1.82, 2.24) is 0 Å². The Hall–Kier alpha value is -0.560. The van der Waals surface area contributed by atoms with E-state index in [0.717, 1.165) is 37.0 Å². The first kappa shape index (κ1) is 23.6. The quantitative estimate of drug-likeness (QED) is 0.468. The van der Waals surface area contributed by atoms with E-state index in [1.807, 2.05) is 0 Å². The number of hydrogen-bond acceptors (Lipinski definition) is 1. The van der Waals surface area contributed by atoms with Crippen LogP contribution in [0.3, 0.4) is 0 Å². The van der Waals surface area contributed by atoms with Crippen LogP contribution in [0.5, 0.6) is 0 Å². The van der Waals surface area contributed by atoms with E-state index >= 15 is 0 Å². The molecule has 0 aliphatic heterocycles. The van der Waals surface area contributed by atoms with E-state index in [2.05, 4.69) is 67.5 Å². The molecule has 4 rings (SSSR count). The van der Waals surface area contributed by atoms with Gasteiger partial charge in [-0.15, -0.1) is 0 Å². The van der Waals surface area contributed by atoms with Gasteiger partial charge >= 0.3 is 0 Å². The van der Waals surface area contributed by atoms with Gasteiger partial charge in [0.25, 0.3) is 0 Å². The Bertz CT molecular complexity index is 756. The lowest BCUT2D eigenvalue weighted by Crippen LogP contribution is -2.54. The lowest BCUT2D eigenvalue weighted by Gasteiger charge is -2.61. The molecule has 1 N–H and O–H groups in total. The fourth-order valence-corrected chi connectivity index (χ4v) is 8.99. The number of aliphatic hydroxyl groups is 1. The van der Waals surface area contributed by atoms with Crippen molar-refractivity contribution in [2.24, 2.45) is 45.3 Å². The van der Waals surface area contributed by atoms with Gasteiger partial charge in [0.15, 0.2) is 0 Å². The highest BCUT2D eigenvalue weighted by molar-refractivity contribution is 5.49. The molecule has 0 heterocycles. The van der Waals surface area contributed by atoms with E-state index in [4.69, 9.17) is 0 Å². The van der Waals surface area contributed by atoms with Crippen LogP contribution in [-0.4, -0.2) is 11.2 Å². The van der Waals surface area contributed by atoms with E-state index in [-0.39, 0.29) is 16.9 Å². The summed E-state index contributed by atoms with van der Waals surface area (Å²) < 4.78 is 0. The molecule has 0 radical (unpaired) electrons. The zero-order chi connectivity index (χ0) is 22.8. The van der Waals surface area contributed by atoms with Crippen LogP contribution < -0.4 is 0 Å². The van der Waals surface area contributed by atoms with Gasteiger partial charge in [0.05, 0.1) is 6.10 Å². The number of aliphatic hydroxyl groups excluding tert-OH is 1. The van der Waals surface area contributed by atoms with Gasteiger partial charge < -0.3 is 5.11 Å². The van der Waals surface area contributed by atoms with Gasteiger partial charge in [0.2, 0.25) is 0 Å². The van der Waals surface area contributed by atoms with Crippen LogP contribution in [0, 0.1) is 45.3 Å². The molecule has 0 aromatic carbocycles. The lowest BCUT2D eigenvalue weighted by molar-refractivity contribution is -0.0851.